The first-order chi connectivity index (χ1) is 47.1. The van der Waals surface area contributed by atoms with Crippen molar-refractivity contribution in [2.75, 3.05) is 46.4 Å². The lowest BCUT2D eigenvalue weighted by atomic mass is 9.83. The van der Waals surface area contributed by atoms with Gasteiger partial charge in [-0.1, -0.05) is 36.4 Å². The molecule has 6 aliphatic heterocycles. The molecule has 3 saturated heterocycles. The number of rotatable bonds is 9. The molecule has 3 aromatic heterocycles. The van der Waals surface area contributed by atoms with E-state index in [0.29, 0.717) is 68.8 Å². The summed E-state index contributed by atoms with van der Waals surface area (Å²) in [7, 11) is 3.04. The fourth-order valence-electron chi connectivity index (χ4n) is 14.4. The van der Waals surface area contributed by atoms with Crippen LogP contribution in [0.15, 0.2) is 146 Å². The minimum Gasteiger partial charge on any atom is -0.491 e. The lowest BCUT2D eigenvalue weighted by molar-refractivity contribution is -0.00689. The number of aromatic nitrogens is 6. The van der Waals surface area contributed by atoms with Gasteiger partial charge in [-0.15, -0.1) is 0 Å². The molecular formula is C78H88FN9O9. The van der Waals surface area contributed by atoms with Gasteiger partial charge in [0.1, 0.15) is 40.2 Å². The number of para-hydroxylation sites is 3. The van der Waals surface area contributed by atoms with Gasteiger partial charge in [0.15, 0.2) is 16.8 Å². The van der Waals surface area contributed by atoms with Gasteiger partial charge in [0, 0.05) is 125 Å². The van der Waals surface area contributed by atoms with Crippen LogP contribution in [0.2, 0.25) is 0 Å². The Morgan fingerprint density at radius 3 is 1.31 bits per heavy atom. The summed E-state index contributed by atoms with van der Waals surface area (Å²) < 4.78 is 56.8. The fraction of sp³-hybridized carbons (Fsp3) is 0.385. The molecule has 3 amide bonds. The summed E-state index contributed by atoms with van der Waals surface area (Å²) >= 11 is 0. The zero-order valence-electron chi connectivity index (χ0n) is 58.4. The van der Waals surface area contributed by atoms with Crippen LogP contribution in [0.5, 0.6) is 34.5 Å². The van der Waals surface area contributed by atoms with Gasteiger partial charge in [-0.2, -0.15) is 0 Å². The lowest BCUT2D eigenvalue weighted by Gasteiger charge is -2.44. The minimum absolute atomic E-state index is 0.0510. The van der Waals surface area contributed by atoms with Crippen LogP contribution < -0.4 is 28.4 Å². The normalized spacial score (nSPS) is 16.4. The second kappa shape index (κ2) is 27.7. The third-order valence-corrected chi connectivity index (χ3v) is 19.1. The standard InChI is InChI=1S/2C26H29N3O3.C25H27N3O3.CH3F/c1-17(2)31-21-10-9-19(15-18(21)3)25(30)29-13-11-26(12-14-29)24-23(28(4)16-27-24)20-7-5-6-8-22(20)32-26;1-17(2)31-21-10-9-19(15-18(21)3)25(30)29-13-11-26(12-14-29)24-23(27-16-28(24)4)20-7-5-6-8-22(20)32-26;1-16(2)30-20-9-8-18(14-17(20)3)24(29)28-12-10-25(11-13-28)23-22(26-15-27-23)19-6-4-5-7-21(19)31-25;1-2/h2*5-10,15-17H,11-14H2,1-4H3;4-9,14-16H,10-13H2,1-3H3,(H,26,27);1H3/i;;;1D. The summed E-state index contributed by atoms with van der Waals surface area (Å²) in [6.45, 7) is 21.7. The highest BCUT2D eigenvalue weighted by Crippen LogP contribution is 2.52. The number of halogens is 1. The van der Waals surface area contributed by atoms with Crippen LogP contribution in [-0.2, 0) is 30.9 Å². The quantitative estimate of drug-likeness (QED) is 0.145. The molecule has 9 aromatic rings. The van der Waals surface area contributed by atoms with E-state index < -0.39 is 24.0 Å². The number of aromatic amines is 1. The third kappa shape index (κ3) is 13.2. The minimum atomic E-state index is -1.00. The molecule has 3 fully saturated rings. The average Bonchev–Trinajstić information content (AvgIpc) is 1.45. The van der Waals surface area contributed by atoms with Gasteiger partial charge < -0.3 is 57.2 Å². The second-order valence-electron chi connectivity index (χ2n) is 26.8. The molecule has 0 saturated carbocycles. The van der Waals surface area contributed by atoms with E-state index in [9.17, 15) is 18.8 Å². The molecule has 0 aliphatic carbocycles. The van der Waals surface area contributed by atoms with E-state index in [4.69, 9.17) is 34.8 Å². The summed E-state index contributed by atoms with van der Waals surface area (Å²) in [5.41, 5.74) is 12.9. The number of ether oxygens (including phenoxy) is 6. The number of alkyl halides is 1. The van der Waals surface area contributed by atoms with E-state index in [0.717, 1.165) is 128 Å². The number of imidazole rings is 3. The molecule has 3 spiro atoms. The van der Waals surface area contributed by atoms with Crippen molar-refractivity contribution in [2.45, 2.75) is 136 Å². The summed E-state index contributed by atoms with van der Waals surface area (Å²) in [6, 6.07) is 41.3. The molecule has 9 heterocycles. The molecule has 0 unspecified atom stereocenters. The monoisotopic (exact) mass is 1310 g/mol. The zero-order chi connectivity index (χ0) is 69.2. The van der Waals surface area contributed by atoms with Crippen molar-refractivity contribution in [1.82, 2.24) is 43.8 Å². The SMILES string of the molecule is Cc1cc(C(=O)N2CCC3(CC2)Oc2ccccc2-c2c3ncn2C)ccc1OC(C)C.Cc1cc(C(=O)N2CCC3(CC2)Oc2ccccc2-c2nc[nH]c23)ccc1OC(C)C.Cc1cc(C(=O)N2CCC3(CC2)Oc2ccccc2-c2ncn(C)c23)ccc1OC(C)C.[2H]CF. The van der Waals surface area contributed by atoms with Crippen molar-refractivity contribution in [3.05, 3.63) is 197 Å². The lowest BCUT2D eigenvalue weighted by Crippen LogP contribution is -2.49. The van der Waals surface area contributed by atoms with Gasteiger partial charge in [-0.05, 0) is 170 Å². The highest BCUT2D eigenvalue weighted by Gasteiger charge is 2.50. The molecule has 6 aromatic carbocycles. The third-order valence-electron chi connectivity index (χ3n) is 19.1. The van der Waals surface area contributed by atoms with Crippen molar-refractivity contribution in [3.63, 3.8) is 0 Å². The van der Waals surface area contributed by atoms with E-state index in [1.165, 1.54) is 0 Å². The average molecular weight is 1320 g/mol. The van der Waals surface area contributed by atoms with E-state index >= 15 is 0 Å². The van der Waals surface area contributed by atoms with Crippen molar-refractivity contribution < 1.29 is 48.6 Å². The Labute approximate surface area is 569 Å². The topological polar surface area (TPSA) is 181 Å². The maximum absolute atomic E-state index is 13.2. The number of amides is 3. The van der Waals surface area contributed by atoms with Gasteiger partial charge in [-0.3, -0.25) is 18.8 Å². The molecule has 15 rings (SSSR count). The van der Waals surface area contributed by atoms with Gasteiger partial charge in [0.25, 0.3) is 17.7 Å². The van der Waals surface area contributed by atoms with E-state index in [-0.39, 0.29) is 36.0 Å². The van der Waals surface area contributed by atoms with Crippen molar-refractivity contribution in [2.24, 2.45) is 14.1 Å². The molecule has 18 nitrogen and oxygen atoms in total. The number of carbonyl (C=O) groups excluding carboxylic acids is 3. The van der Waals surface area contributed by atoms with Crippen molar-refractivity contribution in [3.8, 4) is 68.3 Å². The molecule has 1 N–H and O–H groups in total. The Kier molecular flexibility index (Phi) is 18.8. The van der Waals surface area contributed by atoms with E-state index in [1.807, 2.05) is 219 Å². The fourth-order valence-corrected chi connectivity index (χ4v) is 14.4. The largest absolute Gasteiger partial charge is 0.491 e. The number of hydrogen-bond donors (Lipinski definition) is 1. The number of carbonyl (C=O) groups is 3. The van der Waals surface area contributed by atoms with Crippen LogP contribution >= 0.6 is 0 Å². The first-order valence-electron chi connectivity index (χ1n) is 34.3. The maximum Gasteiger partial charge on any atom is 0.253 e. The van der Waals surface area contributed by atoms with Crippen molar-refractivity contribution in [1.29, 1.82) is 0 Å². The van der Waals surface area contributed by atoms with Gasteiger partial charge in [0.2, 0.25) is 0 Å². The number of nitrogens with one attached hydrogen (secondary N) is 1. The van der Waals surface area contributed by atoms with Gasteiger partial charge in [0.05, 0.1) is 74.3 Å². The van der Waals surface area contributed by atoms with Crippen LogP contribution in [0.25, 0.3) is 33.8 Å². The number of nitrogens with zero attached hydrogens (tertiary/aromatic N) is 8. The Balaban J connectivity index is 0.000000137. The number of likely N-dealkylation sites (tertiary alicyclic amines) is 3. The predicted octanol–water partition coefficient (Wildman–Crippen LogP) is 14.7. The Hall–Kier alpha value is -9.91. The number of aryl methyl sites for hydroxylation is 5. The summed E-state index contributed by atoms with van der Waals surface area (Å²) in [4.78, 5) is 62.7. The molecule has 0 atom stereocenters. The van der Waals surface area contributed by atoms with Crippen LogP contribution in [-0.4, -0.2) is 126 Å². The molecule has 6 aliphatic rings. The second-order valence-corrected chi connectivity index (χ2v) is 26.8. The number of piperidine rings is 3. The molecular weight excluding hydrogens is 1230 g/mol. The summed E-state index contributed by atoms with van der Waals surface area (Å²) in [5.74, 6) is 5.25. The highest BCUT2D eigenvalue weighted by atomic mass is 19.1. The number of H-pyrrole nitrogens is 1. The Morgan fingerprint density at radius 1 is 0.495 bits per heavy atom. The van der Waals surface area contributed by atoms with Gasteiger partial charge >= 0.3 is 0 Å². The van der Waals surface area contributed by atoms with E-state index in [2.05, 4.69) is 36.2 Å². The molecule has 506 valence electrons. The van der Waals surface area contributed by atoms with Crippen LogP contribution in [0.1, 0.15) is 146 Å². The number of benzene rings is 6. The molecule has 19 heteroatoms. The first kappa shape index (κ1) is 65.7. The van der Waals surface area contributed by atoms with Crippen LogP contribution in [0.4, 0.5) is 4.39 Å². The zero-order valence-corrected chi connectivity index (χ0v) is 57.4. The Bertz CT molecular complexity index is 4380. The molecule has 0 bridgehead atoms. The Morgan fingerprint density at radius 2 is 0.866 bits per heavy atom. The molecule has 0 radical (unpaired) electrons. The maximum atomic E-state index is 13.2. The van der Waals surface area contributed by atoms with Crippen LogP contribution in [0, 0.1) is 20.8 Å². The summed E-state index contributed by atoms with van der Waals surface area (Å²) in [5, 5.41) is 0. The number of hydrogen-bond acceptors (Lipinski definition) is 12. The smallest absolute Gasteiger partial charge is 0.253 e. The first-order valence-corrected chi connectivity index (χ1v) is 33.6. The predicted molar refractivity (Wildman–Crippen MR) is 372 cm³/mol. The highest BCUT2D eigenvalue weighted by molar-refractivity contribution is 5.96. The number of fused-ring (bicyclic) bond motifs is 12. The van der Waals surface area contributed by atoms with Crippen LogP contribution in [0.3, 0.4) is 0 Å². The van der Waals surface area contributed by atoms with Crippen molar-refractivity contribution >= 4 is 17.7 Å². The molecule has 97 heavy (non-hydrogen) atoms. The van der Waals surface area contributed by atoms with E-state index in [1.54, 1.807) is 6.33 Å². The summed E-state index contributed by atoms with van der Waals surface area (Å²) in [6.07, 6.45) is 10.1. The van der Waals surface area contributed by atoms with Gasteiger partial charge in [-0.25, -0.2) is 15.0 Å².